The Morgan fingerprint density at radius 3 is 1.74 bits per heavy atom. The van der Waals surface area contributed by atoms with Gasteiger partial charge in [0, 0.05) is 75.5 Å². The lowest BCUT2D eigenvalue weighted by atomic mass is 9.33. The monoisotopic (exact) mass is 987 g/mol. The minimum absolute atomic E-state index is 0.0241. The van der Waals surface area contributed by atoms with E-state index in [-0.39, 0.29) is 33.8 Å². The molecular weight excluding hydrogens is 914 g/mol. The van der Waals surface area contributed by atoms with Gasteiger partial charge in [0.25, 0.3) is 6.71 Å². The molecule has 0 saturated carbocycles. The second kappa shape index (κ2) is 16.0. The van der Waals surface area contributed by atoms with E-state index in [9.17, 15) is 4.11 Å². The molecule has 2 aliphatic heterocycles. The number of anilines is 9. The molecule has 0 atom stereocenters. The van der Waals surface area contributed by atoms with Crippen molar-refractivity contribution in [3.8, 4) is 0 Å². The van der Waals surface area contributed by atoms with Crippen LogP contribution in [0.1, 0.15) is 138 Å². The lowest BCUT2D eigenvalue weighted by Gasteiger charge is -2.47. The van der Waals surface area contributed by atoms with E-state index >= 15 is 0 Å². The molecule has 74 heavy (non-hydrogen) atoms. The van der Waals surface area contributed by atoms with E-state index in [4.69, 9.17) is 0 Å². The maximum absolute atomic E-state index is 9.39. The highest BCUT2D eigenvalue weighted by Gasteiger charge is 2.49. The Morgan fingerprint density at radius 1 is 0.527 bits per heavy atom. The van der Waals surface area contributed by atoms with E-state index < -0.39 is 6.85 Å². The predicted octanol–water partition coefficient (Wildman–Crippen LogP) is 17.8. The Bertz CT molecular complexity index is 3880. The van der Waals surface area contributed by atoms with Gasteiger partial charge in [-0.1, -0.05) is 149 Å². The molecule has 370 valence electrons. The first-order chi connectivity index (χ1) is 36.3. The van der Waals surface area contributed by atoms with Crippen molar-refractivity contribution in [3.63, 3.8) is 0 Å². The summed E-state index contributed by atoms with van der Waals surface area (Å²) in [6, 6.07) is 56.2. The third-order valence-electron chi connectivity index (χ3n) is 17.8. The van der Waals surface area contributed by atoms with Gasteiger partial charge in [0.05, 0.1) is 0 Å². The van der Waals surface area contributed by atoms with Crippen LogP contribution in [0.15, 0.2) is 152 Å². The van der Waals surface area contributed by atoms with Crippen molar-refractivity contribution in [1.29, 1.82) is 0 Å². The van der Waals surface area contributed by atoms with Crippen LogP contribution in [0.3, 0.4) is 0 Å². The van der Waals surface area contributed by atoms with Gasteiger partial charge in [0.1, 0.15) is 0 Å². The van der Waals surface area contributed by atoms with Crippen LogP contribution in [-0.2, 0) is 27.1 Å². The molecule has 3 nitrogen and oxygen atoms in total. The van der Waals surface area contributed by atoms with E-state index in [0.29, 0.717) is 5.56 Å². The third-order valence-corrected chi connectivity index (χ3v) is 19.0. The van der Waals surface area contributed by atoms with Crippen molar-refractivity contribution in [2.45, 2.75) is 136 Å². The van der Waals surface area contributed by atoms with Crippen molar-refractivity contribution in [3.05, 3.63) is 191 Å². The molecular formula is C69H70BN3S. The average Bonchev–Trinajstić information content (AvgIpc) is 3.92. The smallest absolute Gasteiger partial charge is 0.252 e. The summed E-state index contributed by atoms with van der Waals surface area (Å²) in [7, 11) is 0. The van der Waals surface area contributed by atoms with Crippen LogP contribution < -0.4 is 31.1 Å². The van der Waals surface area contributed by atoms with Crippen molar-refractivity contribution >= 4 is 106 Å². The predicted molar refractivity (Wildman–Crippen MR) is 322 cm³/mol. The summed E-state index contributed by atoms with van der Waals surface area (Å²) < 4.78 is 30.7. The lowest BCUT2D eigenvalue weighted by molar-refractivity contribution is 0.332. The van der Waals surface area contributed by atoms with Gasteiger partial charge in [-0.3, -0.25) is 0 Å². The minimum Gasteiger partial charge on any atom is -0.311 e. The molecule has 2 aliphatic carbocycles. The van der Waals surface area contributed by atoms with Gasteiger partial charge in [-0.05, 0) is 194 Å². The number of nitrogens with zero attached hydrogens (tertiary/aromatic N) is 3. The molecule has 9 aromatic rings. The third kappa shape index (κ3) is 7.04. The standard InChI is InChI=1S/C69H70BN3S/c1-42-32-60-63-61(33-42)73(57-39-52-50(34-43(57)2)66(6,7)30-31-67(52,8)9)59-40-53-51(68(10,11)41-69(53,12)13)38-56(59)70(63)55-29-28-46(71(44-22-16-14-17-23-44)45-24-18-15-19-25-45)37-58(55)72(60)47-35-49-48-26-20-21-27-62(48)74-64(49)54(36-47)65(3,4)5/h14-29,32-40H,30-31,41H2,1-13H3/i1D3. The summed E-state index contributed by atoms with van der Waals surface area (Å²) in [4.78, 5) is 7.31. The highest BCUT2D eigenvalue weighted by molar-refractivity contribution is 7.26. The zero-order valence-electron chi connectivity index (χ0n) is 48.4. The van der Waals surface area contributed by atoms with Crippen LogP contribution in [-0.4, -0.2) is 6.71 Å². The Kier molecular flexibility index (Phi) is 9.46. The number of aryl methyl sites for hydroxylation is 2. The lowest BCUT2D eigenvalue weighted by Crippen LogP contribution is -2.61. The van der Waals surface area contributed by atoms with E-state index in [0.717, 1.165) is 75.9 Å². The van der Waals surface area contributed by atoms with Crippen molar-refractivity contribution in [1.82, 2.24) is 0 Å². The molecule has 0 fully saturated rings. The molecule has 0 radical (unpaired) electrons. The normalized spacial score (nSPS) is 18.2. The second-order valence-electron chi connectivity index (χ2n) is 25.9. The summed E-state index contributed by atoms with van der Waals surface area (Å²) >= 11 is 1.87. The minimum atomic E-state index is -2.41. The molecule has 13 rings (SSSR count). The topological polar surface area (TPSA) is 9.72 Å². The average molecular weight is 987 g/mol. The van der Waals surface area contributed by atoms with Crippen LogP contribution >= 0.6 is 11.3 Å². The Morgan fingerprint density at radius 2 is 1.09 bits per heavy atom. The SMILES string of the molecule is [2H]C([2H])([2H])c1cc2c3c(c1)N(c1cc4c(cc1C)C(C)(C)CCC4(C)C)c1cc4c(cc1B3c1ccc(N(c3ccccc3)c3ccccc3)cc1N2c1cc(C(C)(C)C)c2sc3ccccc3c2c1)C(C)(C)CC4(C)C. The van der Waals surface area contributed by atoms with Gasteiger partial charge in [0.15, 0.2) is 0 Å². The molecule has 5 heteroatoms. The van der Waals surface area contributed by atoms with Crippen molar-refractivity contribution in [2.75, 3.05) is 14.7 Å². The Labute approximate surface area is 449 Å². The molecule has 0 N–H and O–H groups in total. The maximum Gasteiger partial charge on any atom is 0.252 e. The van der Waals surface area contributed by atoms with Gasteiger partial charge in [-0.2, -0.15) is 0 Å². The fourth-order valence-corrected chi connectivity index (χ4v) is 15.6. The van der Waals surface area contributed by atoms with E-state index in [2.05, 4.69) is 237 Å². The summed E-state index contributed by atoms with van der Waals surface area (Å²) in [6.45, 7) is 25.9. The van der Waals surface area contributed by atoms with E-state index in [1.54, 1.807) is 0 Å². The number of hydrogen-bond acceptors (Lipinski definition) is 4. The van der Waals surface area contributed by atoms with E-state index in [1.807, 2.05) is 23.5 Å². The highest BCUT2D eigenvalue weighted by atomic mass is 32.1. The Hall–Kier alpha value is -6.56. The van der Waals surface area contributed by atoms with Gasteiger partial charge in [-0.15, -0.1) is 11.3 Å². The van der Waals surface area contributed by atoms with Crippen LogP contribution in [0.4, 0.5) is 51.2 Å². The molecule has 3 heterocycles. The largest absolute Gasteiger partial charge is 0.311 e. The quantitative estimate of drug-likeness (QED) is 0.159. The molecule has 8 aromatic carbocycles. The van der Waals surface area contributed by atoms with Crippen molar-refractivity contribution < 1.29 is 4.11 Å². The first-order valence-corrected chi connectivity index (χ1v) is 27.8. The van der Waals surface area contributed by atoms with Gasteiger partial charge < -0.3 is 14.7 Å². The van der Waals surface area contributed by atoms with Crippen LogP contribution in [0.2, 0.25) is 0 Å². The first kappa shape index (κ1) is 43.8. The number of benzene rings is 8. The molecule has 0 unspecified atom stereocenters. The maximum atomic E-state index is 9.39. The number of para-hydroxylation sites is 2. The molecule has 1 aromatic heterocycles. The van der Waals surface area contributed by atoms with Crippen LogP contribution in [0.25, 0.3) is 20.2 Å². The number of hydrogen-bond donors (Lipinski definition) is 0. The second-order valence-corrected chi connectivity index (χ2v) is 26.9. The summed E-state index contributed by atoms with van der Waals surface area (Å²) in [5, 5.41) is 2.45. The fraction of sp³-hybridized carbons (Fsp3) is 0.304. The number of fused-ring (bicyclic) bond motifs is 9. The zero-order chi connectivity index (χ0) is 54.1. The van der Waals surface area contributed by atoms with Gasteiger partial charge in [-0.25, -0.2) is 0 Å². The molecule has 0 bridgehead atoms. The van der Waals surface area contributed by atoms with Crippen LogP contribution in [0.5, 0.6) is 0 Å². The first-order valence-electron chi connectivity index (χ1n) is 28.5. The number of thiophene rings is 1. The summed E-state index contributed by atoms with van der Waals surface area (Å²) in [5.74, 6) is 0. The highest BCUT2D eigenvalue weighted by Crippen LogP contribution is 2.55. The Balaban J connectivity index is 1.19. The molecule has 4 aliphatic rings. The van der Waals surface area contributed by atoms with Crippen molar-refractivity contribution in [2.24, 2.45) is 0 Å². The zero-order valence-corrected chi connectivity index (χ0v) is 46.2. The summed E-state index contributed by atoms with van der Waals surface area (Å²) in [5.41, 5.74) is 20.9. The number of rotatable bonds is 5. The molecule has 0 saturated heterocycles. The summed E-state index contributed by atoms with van der Waals surface area (Å²) in [6.07, 6.45) is 3.25. The van der Waals surface area contributed by atoms with Gasteiger partial charge in [0.2, 0.25) is 0 Å². The van der Waals surface area contributed by atoms with Crippen LogP contribution in [0, 0.1) is 13.8 Å². The molecule has 0 amide bonds. The van der Waals surface area contributed by atoms with Gasteiger partial charge >= 0.3 is 0 Å². The fourth-order valence-electron chi connectivity index (χ4n) is 14.2. The molecule has 0 spiro atoms. The van der Waals surface area contributed by atoms with E-state index in [1.165, 1.54) is 64.5 Å².